The van der Waals surface area contributed by atoms with E-state index in [1.807, 2.05) is 24.3 Å². The van der Waals surface area contributed by atoms with Crippen molar-refractivity contribution in [2.75, 3.05) is 7.11 Å². The summed E-state index contributed by atoms with van der Waals surface area (Å²) in [6.07, 6.45) is 1.18. The van der Waals surface area contributed by atoms with Gasteiger partial charge in [-0.05, 0) is 24.3 Å². The number of hydrogen-bond acceptors (Lipinski definition) is 3. The molecule has 0 aromatic heterocycles. The van der Waals surface area contributed by atoms with Crippen LogP contribution >= 0.6 is 0 Å². The van der Waals surface area contributed by atoms with Gasteiger partial charge in [0, 0.05) is 5.56 Å². The van der Waals surface area contributed by atoms with E-state index in [0.29, 0.717) is 11.3 Å². The number of hydrogen-bond donors (Lipinski definition) is 0. The van der Waals surface area contributed by atoms with Gasteiger partial charge in [-0.3, -0.25) is 4.79 Å². The molecule has 106 valence electrons. The number of amides is 1. The van der Waals surface area contributed by atoms with Gasteiger partial charge in [-0.25, -0.2) is 0 Å². The van der Waals surface area contributed by atoms with E-state index in [4.69, 9.17) is 9.47 Å². The molecule has 21 heavy (non-hydrogen) atoms. The summed E-state index contributed by atoms with van der Waals surface area (Å²) in [6, 6.07) is 17.7. The van der Waals surface area contributed by atoms with E-state index in [1.54, 1.807) is 36.4 Å². The number of aliphatic imine (C=N–C) groups is 2. The molecule has 1 amide bonds. The maximum absolute atomic E-state index is 11.9. The van der Waals surface area contributed by atoms with Gasteiger partial charge in [0.25, 0.3) is 5.91 Å². The number of carbonyl (C=O) groups excluding carboxylic acids is 1. The predicted molar refractivity (Wildman–Crippen MR) is 80.8 cm³/mol. The average Bonchev–Trinajstić information content (AvgIpc) is 2.55. The van der Waals surface area contributed by atoms with Crippen LogP contribution in [0.15, 0.2) is 70.6 Å². The third kappa shape index (κ3) is 4.58. The monoisotopic (exact) mass is 282 g/mol. The van der Waals surface area contributed by atoms with Crippen molar-refractivity contribution in [3.63, 3.8) is 0 Å². The number of para-hydroxylation sites is 1. The minimum atomic E-state index is -0.427. The molecule has 0 bridgehead atoms. The Morgan fingerprint density at radius 3 is 2.24 bits per heavy atom. The molecule has 0 aliphatic heterocycles. The summed E-state index contributed by atoms with van der Waals surface area (Å²) in [5, 5.41) is 0. The minimum Gasteiger partial charge on any atom is -0.467 e. The smallest absolute Gasteiger partial charge is 0.322 e. The molecule has 2 aromatic rings. The number of amidine groups is 1. The second-order valence-electron chi connectivity index (χ2n) is 3.94. The van der Waals surface area contributed by atoms with Gasteiger partial charge in [-0.1, -0.05) is 36.4 Å². The average molecular weight is 282 g/mol. The van der Waals surface area contributed by atoms with Crippen molar-refractivity contribution in [1.82, 2.24) is 0 Å². The number of ether oxygens (including phenoxy) is 2. The first-order chi connectivity index (χ1) is 10.3. The maximum atomic E-state index is 11.9. The lowest BCUT2D eigenvalue weighted by atomic mass is 10.2. The molecule has 0 aliphatic rings. The summed E-state index contributed by atoms with van der Waals surface area (Å²) < 4.78 is 10.2. The third-order valence-electron chi connectivity index (χ3n) is 2.50. The first kappa shape index (κ1) is 14.5. The van der Waals surface area contributed by atoms with E-state index in [9.17, 15) is 4.79 Å². The number of nitrogens with zero attached hydrogens (tertiary/aromatic N) is 2. The Labute approximate surface area is 122 Å². The minimum absolute atomic E-state index is 0.0696. The van der Waals surface area contributed by atoms with Crippen molar-refractivity contribution in [3.05, 3.63) is 66.2 Å². The molecule has 5 heteroatoms. The summed E-state index contributed by atoms with van der Waals surface area (Å²) in [7, 11) is 1.39. The summed E-state index contributed by atoms with van der Waals surface area (Å²) in [5.74, 6) is 0.204. The molecule has 0 N–H and O–H groups in total. The van der Waals surface area contributed by atoms with Gasteiger partial charge >= 0.3 is 6.02 Å². The Kier molecular flexibility index (Phi) is 5.23. The lowest BCUT2D eigenvalue weighted by Crippen LogP contribution is -2.05. The highest BCUT2D eigenvalue weighted by Gasteiger charge is 2.05. The van der Waals surface area contributed by atoms with Gasteiger partial charge in [0.1, 0.15) is 5.75 Å². The summed E-state index contributed by atoms with van der Waals surface area (Å²) in [6.45, 7) is 0. The Morgan fingerprint density at radius 1 is 1.00 bits per heavy atom. The quantitative estimate of drug-likeness (QED) is 0.642. The number of carbonyl (C=O) groups is 1. The first-order valence-electron chi connectivity index (χ1n) is 6.26. The molecule has 0 aliphatic carbocycles. The van der Waals surface area contributed by atoms with E-state index in [-0.39, 0.29) is 6.02 Å². The molecule has 0 saturated heterocycles. The van der Waals surface area contributed by atoms with Crippen molar-refractivity contribution in [1.29, 1.82) is 0 Å². The van der Waals surface area contributed by atoms with E-state index >= 15 is 0 Å². The third-order valence-corrected chi connectivity index (χ3v) is 2.50. The largest absolute Gasteiger partial charge is 0.467 e. The highest BCUT2D eigenvalue weighted by molar-refractivity contribution is 6.02. The van der Waals surface area contributed by atoms with Crippen LogP contribution < -0.4 is 4.74 Å². The van der Waals surface area contributed by atoms with Crippen LogP contribution in [0, 0.1) is 0 Å². The van der Waals surface area contributed by atoms with Crippen molar-refractivity contribution >= 4 is 18.3 Å². The first-order valence-corrected chi connectivity index (χ1v) is 6.26. The number of benzene rings is 2. The fraction of sp³-hybridized carbons (Fsp3) is 0.0625. The fourth-order valence-electron chi connectivity index (χ4n) is 1.49. The lowest BCUT2D eigenvalue weighted by Gasteiger charge is -2.00. The zero-order valence-electron chi connectivity index (χ0n) is 11.5. The summed E-state index contributed by atoms with van der Waals surface area (Å²) >= 11 is 0. The molecule has 0 fully saturated rings. The second kappa shape index (κ2) is 7.59. The molecule has 0 spiro atoms. The Bertz CT molecular complexity index is 637. The van der Waals surface area contributed by atoms with Crippen LogP contribution in [-0.4, -0.2) is 25.4 Å². The van der Waals surface area contributed by atoms with Crippen LogP contribution in [0.25, 0.3) is 0 Å². The van der Waals surface area contributed by atoms with Crippen LogP contribution in [0.4, 0.5) is 0 Å². The Balaban J connectivity index is 2.02. The number of methoxy groups -OCH3 is 1. The summed E-state index contributed by atoms with van der Waals surface area (Å²) in [4.78, 5) is 19.5. The molecule has 5 nitrogen and oxygen atoms in total. The van der Waals surface area contributed by atoms with E-state index in [0.717, 1.165) is 0 Å². The molecule has 0 heterocycles. The maximum Gasteiger partial charge on any atom is 0.322 e. The molecular weight excluding hydrogens is 268 g/mol. The van der Waals surface area contributed by atoms with E-state index in [2.05, 4.69) is 9.98 Å². The molecule has 2 aromatic carbocycles. The van der Waals surface area contributed by atoms with Crippen LogP contribution in [0.1, 0.15) is 10.4 Å². The van der Waals surface area contributed by atoms with Crippen molar-refractivity contribution in [2.45, 2.75) is 0 Å². The van der Waals surface area contributed by atoms with Gasteiger partial charge in [0.2, 0.25) is 0 Å². The van der Waals surface area contributed by atoms with Gasteiger partial charge in [-0.15, -0.1) is 0 Å². The Hall–Kier alpha value is -2.95. The Morgan fingerprint density at radius 2 is 1.62 bits per heavy atom. The van der Waals surface area contributed by atoms with Gasteiger partial charge in [0.05, 0.1) is 7.11 Å². The van der Waals surface area contributed by atoms with Gasteiger partial charge in [0.15, 0.2) is 6.40 Å². The van der Waals surface area contributed by atoms with Gasteiger partial charge in [-0.2, -0.15) is 9.98 Å². The van der Waals surface area contributed by atoms with E-state index in [1.165, 1.54) is 13.5 Å². The SMILES string of the molecule is COC(N=COc1ccccc1)=NC(=O)c1ccccc1. The normalized spacial score (nSPS) is 11.4. The zero-order valence-corrected chi connectivity index (χ0v) is 11.5. The fourth-order valence-corrected chi connectivity index (χ4v) is 1.49. The number of rotatable bonds is 3. The summed E-state index contributed by atoms with van der Waals surface area (Å²) in [5.41, 5.74) is 0.464. The highest BCUT2D eigenvalue weighted by atomic mass is 16.5. The highest BCUT2D eigenvalue weighted by Crippen LogP contribution is 2.07. The second-order valence-corrected chi connectivity index (χ2v) is 3.94. The lowest BCUT2D eigenvalue weighted by molar-refractivity contribution is 0.1000. The molecule has 0 radical (unpaired) electrons. The van der Waals surface area contributed by atoms with Gasteiger partial charge < -0.3 is 9.47 Å². The zero-order chi connectivity index (χ0) is 14.9. The van der Waals surface area contributed by atoms with Crippen LogP contribution in [0.2, 0.25) is 0 Å². The molecule has 0 unspecified atom stereocenters. The molecule has 0 saturated carbocycles. The topological polar surface area (TPSA) is 60.2 Å². The molecule has 2 rings (SSSR count). The van der Waals surface area contributed by atoms with E-state index < -0.39 is 5.91 Å². The van der Waals surface area contributed by atoms with Crippen LogP contribution in [0.3, 0.4) is 0 Å². The standard InChI is InChI=1S/C16H14N2O3/c1-20-16(17-12-21-14-10-6-3-7-11-14)18-15(19)13-8-4-2-5-9-13/h2-12H,1H3. The van der Waals surface area contributed by atoms with Crippen LogP contribution in [-0.2, 0) is 4.74 Å². The van der Waals surface area contributed by atoms with Crippen LogP contribution in [0.5, 0.6) is 5.75 Å². The predicted octanol–water partition coefficient (Wildman–Crippen LogP) is 2.94. The van der Waals surface area contributed by atoms with Crippen molar-refractivity contribution in [2.24, 2.45) is 9.98 Å². The molecule has 0 atom stereocenters. The molecular formula is C16H14N2O3. The van der Waals surface area contributed by atoms with Crippen molar-refractivity contribution in [3.8, 4) is 5.75 Å². The van der Waals surface area contributed by atoms with Crippen molar-refractivity contribution < 1.29 is 14.3 Å².